The Bertz CT molecular complexity index is 432. The molecular weight excluding hydrogens is 260 g/mol. The second-order valence-electron chi connectivity index (χ2n) is 4.60. The first kappa shape index (κ1) is 15.6. The van der Waals surface area contributed by atoms with Gasteiger partial charge in [0.2, 0.25) is 0 Å². The van der Waals surface area contributed by atoms with Crippen LogP contribution >= 0.6 is 12.2 Å². The van der Waals surface area contributed by atoms with Crippen LogP contribution in [0.2, 0.25) is 0 Å². The number of aliphatic carboxylic acids is 1. The van der Waals surface area contributed by atoms with Crippen molar-refractivity contribution in [2.75, 3.05) is 6.54 Å². The van der Waals surface area contributed by atoms with Crippen molar-refractivity contribution in [3.05, 3.63) is 35.4 Å². The number of carboxylic acids is 1. The number of thiocarbonyl (C=S) groups is 1. The normalized spacial score (nSPS) is 11.9. The number of benzene rings is 1. The molecule has 4 N–H and O–H groups in total. The van der Waals surface area contributed by atoms with E-state index in [1.807, 2.05) is 6.92 Å². The lowest BCUT2D eigenvalue weighted by molar-refractivity contribution is -0.138. The highest BCUT2D eigenvalue weighted by atomic mass is 32.1. The summed E-state index contributed by atoms with van der Waals surface area (Å²) >= 11 is 5.24. The zero-order chi connectivity index (χ0) is 14.3. The molecule has 0 saturated heterocycles. The third-order valence-electron chi connectivity index (χ3n) is 2.82. The quantitative estimate of drug-likeness (QED) is 0.523. The fourth-order valence-corrected chi connectivity index (χ4v) is 1.90. The summed E-state index contributed by atoms with van der Waals surface area (Å²) in [5, 5.41) is 11.8. The minimum absolute atomic E-state index is 0.454. The average Bonchev–Trinajstić information content (AvgIpc) is 2.37. The number of rotatable bonds is 7. The van der Waals surface area contributed by atoms with Gasteiger partial charge in [-0.3, -0.25) is 4.79 Å². The Hall–Kier alpha value is -1.46. The van der Waals surface area contributed by atoms with E-state index < -0.39 is 12.0 Å². The summed E-state index contributed by atoms with van der Waals surface area (Å²) in [6.45, 7) is 2.71. The predicted molar refractivity (Wildman–Crippen MR) is 80.3 cm³/mol. The number of nitrogens with two attached hydrogens (primary N) is 1. The number of nitrogens with one attached hydrogen (secondary N) is 1. The highest BCUT2D eigenvalue weighted by Crippen LogP contribution is 2.04. The third kappa shape index (κ3) is 6.31. The molecule has 104 valence electrons. The van der Waals surface area contributed by atoms with Gasteiger partial charge in [0, 0.05) is 13.0 Å². The second kappa shape index (κ2) is 7.86. The van der Waals surface area contributed by atoms with Gasteiger partial charge in [0.25, 0.3) is 0 Å². The van der Waals surface area contributed by atoms with Gasteiger partial charge in [-0.15, -0.1) is 0 Å². The van der Waals surface area contributed by atoms with Crippen LogP contribution in [0.4, 0.5) is 0 Å². The molecule has 0 aliphatic rings. The standard InChI is InChI=1S/C14H20N2O2S/c1-10-4-6-11(7-5-10)9-13(19)16-8-2-3-12(15)14(17)18/h4-7,12H,2-3,8-9,15H2,1H3,(H,16,19)(H,17,18). The highest BCUT2D eigenvalue weighted by molar-refractivity contribution is 7.80. The Morgan fingerprint density at radius 1 is 1.42 bits per heavy atom. The first-order chi connectivity index (χ1) is 8.99. The van der Waals surface area contributed by atoms with Crippen LogP contribution < -0.4 is 11.1 Å². The summed E-state index contributed by atoms with van der Waals surface area (Å²) in [7, 11) is 0. The minimum Gasteiger partial charge on any atom is -0.480 e. The monoisotopic (exact) mass is 280 g/mol. The van der Waals surface area contributed by atoms with Crippen molar-refractivity contribution < 1.29 is 9.90 Å². The van der Waals surface area contributed by atoms with E-state index in [0.717, 1.165) is 4.99 Å². The van der Waals surface area contributed by atoms with E-state index in [2.05, 4.69) is 29.6 Å². The Labute approximate surface area is 119 Å². The molecule has 1 rings (SSSR count). The molecule has 1 aromatic carbocycles. The van der Waals surface area contributed by atoms with Gasteiger partial charge in [-0.2, -0.15) is 0 Å². The molecule has 1 unspecified atom stereocenters. The van der Waals surface area contributed by atoms with E-state index in [9.17, 15) is 4.79 Å². The van der Waals surface area contributed by atoms with Gasteiger partial charge >= 0.3 is 5.97 Å². The van der Waals surface area contributed by atoms with Crippen LogP contribution in [0.25, 0.3) is 0 Å². The smallest absolute Gasteiger partial charge is 0.320 e. The molecule has 0 bridgehead atoms. The Balaban J connectivity index is 2.21. The molecule has 5 heteroatoms. The molecule has 1 aromatic rings. The molecule has 4 nitrogen and oxygen atoms in total. The maximum absolute atomic E-state index is 10.5. The summed E-state index contributed by atoms with van der Waals surface area (Å²) in [6.07, 6.45) is 1.86. The fourth-order valence-electron chi connectivity index (χ4n) is 1.63. The van der Waals surface area contributed by atoms with Gasteiger partial charge in [0.05, 0.1) is 4.99 Å². The molecule has 1 atom stereocenters. The van der Waals surface area contributed by atoms with Crippen molar-refractivity contribution in [2.45, 2.75) is 32.2 Å². The summed E-state index contributed by atoms with van der Waals surface area (Å²) in [5.74, 6) is -0.956. The molecule has 0 amide bonds. The zero-order valence-corrected chi connectivity index (χ0v) is 11.9. The van der Waals surface area contributed by atoms with E-state index in [0.29, 0.717) is 25.8 Å². The van der Waals surface area contributed by atoms with E-state index in [4.69, 9.17) is 23.1 Å². The van der Waals surface area contributed by atoms with Crippen LogP contribution in [0.5, 0.6) is 0 Å². The van der Waals surface area contributed by atoms with Gasteiger partial charge < -0.3 is 16.2 Å². The van der Waals surface area contributed by atoms with Gasteiger partial charge in [-0.1, -0.05) is 42.0 Å². The Kier molecular flexibility index (Phi) is 6.45. The SMILES string of the molecule is Cc1ccc(CC(=S)NCCCC(N)C(=O)O)cc1. The van der Waals surface area contributed by atoms with E-state index in [1.54, 1.807) is 0 Å². The summed E-state index contributed by atoms with van der Waals surface area (Å²) < 4.78 is 0. The lowest BCUT2D eigenvalue weighted by Crippen LogP contribution is -2.32. The van der Waals surface area contributed by atoms with Crippen LogP contribution in [0.1, 0.15) is 24.0 Å². The first-order valence-corrected chi connectivity index (χ1v) is 6.70. The summed E-state index contributed by atoms with van der Waals surface area (Å²) in [6, 6.07) is 7.45. The number of aryl methyl sites for hydroxylation is 1. The highest BCUT2D eigenvalue weighted by Gasteiger charge is 2.10. The zero-order valence-electron chi connectivity index (χ0n) is 11.1. The van der Waals surface area contributed by atoms with Crippen molar-refractivity contribution in [1.29, 1.82) is 0 Å². The predicted octanol–water partition coefficient (Wildman–Crippen LogP) is 1.65. The molecule has 0 fully saturated rings. The molecule has 0 aliphatic heterocycles. The molecule has 0 radical (unpaired) electrons. The number of hydrogen-bond acceptors (Lipinski definition) is 3. The average molecular weight is 280 g/mol. The van der Waals surface area contributed by atoms with Crippen molar-refractivity contribution >= 4 is 23.2 Å². The topological polar surface area (TPSA) is 75.3 Å². The van der Waals surface area contributed by atoms with Crippen LogP contribution in [-0.4, -0.2) is 28.7 Å². The maximum Gasteiger partial charge on any atom is 0.320 e. The molecule has 19 heavy (non-hydrogen) atoms. The fraction of sp³-hybridized carbons (Fsp3) is 0.429. The number of carbonyl (C=O) groups is 1. The van der Waals surface area contributed by atoms with Gasteiger partial charge in [0.1, 0.15) is 6.04 Å². The van der Waals surface area contributed by atoms with E-state index in [-0.39, 0.29) is 0 Å². The maximum atomic E-state index is 10.5. The van der Waals surface area contributed by atoms with Crippen LogP contribution in [-0.2, 0) is 11.2 Å². The molecule has 0 spiro atoms. The lowest BCUT2D eigenvalue weighted by atomic mass is 10.1. The van der Waals surface area contributed by atoms with Crippen molar-refractivity contribution in [3.8, 4) is 0 Å². The van der Waals surface area contributed by atoms with Gasteiger partial charge in [0.15, 0.2) is 0 Å². The van der Waals surface area contributed by atoms with Crippen molar-refractivity contribution in [3.63, 3.8) is 0 Å². The summed E-state index contributed by atoms with van der Waals surface area (Å²) in [5.41, 5.74) is 7.81. The molecule has 0 saturated carbocycles. The Morgan fingerprint density at radius 2 is 2.05 bits per heavy atom. The van der Waals surface area contributed by atoms with Crippen LogP contribution in [0, 0.1) is 6.92 Å². The van der Waals surface area contributed by atoms with Crippen molar-refractivity contribution in [2.24, 2.45) is 5.73 Å². The molecule has 0 aliphatic carbocycles. The largest absolute Gasteiger partial charge is 0.480 e. The summed E-state index contributed by atoms with van der Waals surface area (Å²) in [4.78, 5) is 11.3. The second-order valence-corrected chi connectivity index (χ2v) is 5.09. The molecule has 0 aromatic heterocycles. The van der Waals surface area contributed by atoms with Gasteiger partial charge in [-0.25, -0.2) is 0 Å². The number of carboxylic acid groups (broad SMARTS) is 1. The first-order valence-electron chi connectivity index (χ1n) is 6.29. The van der Waals surface area contributed by atoms with E-state index >= 15 is 0 Å². The van der Waals surface area contributed by atoms with Crippen LogP contribution in [0.3, 0.4) is 0 Å². The van der Waals surface area contributed by atoms with E-state index in [1.165, 1.54) is 11.1 Å². The third-order valence-corrected chi connectivity index (χ3v) is 3.11. The van der Waals surface area contributed by atoms with Gasteiger partial charge in [-0.05, 0) is 25.3 Å². The molecule has 0 heterocycles. The minimum atomic E-state index is -0.956. The van der Waals surface area contributed by atoms with Crippen LogP contribution in [0.15, 0.2) is 24.3 Å². The molecular formula is C14H20N2O2S. The van der Waals surface area contributed by atoms with Crippen molar-refractivity contribution in [1.82, 2.24) is 5.32 Å². The number of hydrogen-bond donors (Lipinski definition) is 3. The Morgan fingerprint density at radius 3 is 2.63 bits per heavy atom. The lowest BCUT2D eigenvalue weighted by Gasteiger charge is -2.09.